The fourth-order valence-corrected chi connectivity index (χ4v) is 1.06. The first kappa shape index (κ1) is 11.2. The molecular weight excluding hydrogens is 198 g/mol. The van der Waals surface area contributed by atoms with Crippen LogP contribution >= 0.6 is 0 Å². The van der Waals surface area contributed by atoms with Gasteiger partial charge in [0, 0.05) is 18.6 Å². The van der Waals surface area contributed by atoms with Crippen molar-refractivity contribution in [3.8, 4) is 17.2 Å². The Balaban J connectivity index is 3.00. The van der Waals surface area contributed by atoms with Gasteiger partial charge in [0.25, 0.3) is 0 Å². The molecule has 0 heterocycles. The molecule has 1 aromatic rings. The lowest BCUT2D eigenvalue weighted by atomic mass is 10.2. The first-order valence-corrected chi connectivity index (χ1v) is 4.48. The van der Waals surface area contributed by atoms with E-state index in [1.807, 2.05) is 0 Å². The summed E-state index contributed by atoms with van der Waals surface area (Å²) in [5.74, 6) is -0.370. The minimum atomic E-state index is -0.241. The van der Waals surface area contributed by atoms with Crippen LogP contribution in [0.5, 0.6) is 17.2 Å². The molecule has 0 saturated carbocycles. The first-order valence-electron chi connectivity index (χ1n) is 4.48. The Morgan fingerprint density at radius 3 is 2.60 bits per heavy atom. The van der Waals surface area contributed by atoms with Crippen molar-refractivity contribution >= 4 is 11.6 Å². The fourth-order valence-electron chi connectivity index (χ4n) is 1.06. The van der Waals surface area contributed by atoms with E-state index in [4.69, 9.17) is 4.74 Å². The molecule has 0 aliphatic heterocycles. The van der Waals surface area contributed by atoms with E-state index in [0.29, 0.717) is 6.42 Å². The van der Waals surface area contributed by atoms with Crippen molar-refractivity contribution in [3.05, 3.63) is 12.1 Å². The topological polar surface area (TPSA) is 78.8 Å². The fraction of sp³-hybridized carbons (Fsp3) is 0.300. The average molecular weight is 211 g/mol. The van der Waals surface area contributed by atoms with Crippen LogP contribution in [0.2, 0.25) is 0 Å². The van der Waals surface area contributed by atoms with Crippen LogP contribution in [-0.2, 0) is 4.79 Å². The molecular formula is C10H13NO4. The van der Waals surface area contributed by atoms with Gasteiger partial charge in [-0.25, -0.2) is 0 Å². The highest BCUT2D eigenvalue weighted by atomic mass is 16.5. The number of methoxy groups -OCH3 is 1. The molecule has 3 N–H and O–H groups in total. The maximum atomic E-state index is 11.1. The molecule has 0 unspecified atom stereocenters. The van der Waals surface area contributed by atoms with Gasteiger partial charge in [-0.05, 0) is 0 Å². The third-order valence-electron chi connectivity index (χ3n) is 1.89. The molecule has 0 spiro atoms. The second-order valence-corrected chi connectivity index (χ2v) is 2.94. The number of rotatable bonds is 3. The smallest absolute Gasteiger partial charge is 0.224 e. The number of ether oxygens (including phenoxy) is 1. The van der Waals surface area contributed by atoms with Crippen molar-refractivity contribution < 1.29 is 19.7 Å². The standard InChI is InChI=1S/C10H13NO4/c1-3-10(14)11-6-4-8(13)9(15-2)5-7(6)12/h4-5,12-13H,3H2,1-2H3,(H,11,14). The number of hydrogen-bond acceptors (Lipinski definition) is 4. The number of anilines is 1. The molecule has 0 radical (unpaired) electrons. The summed E-state index contributed by atoms with van der Waals surface area (Å²) in [4.78, 5) is 11.1. The zero-order valence-corrected chi connectivity index (χ0v) is 8.57. The highest BCUT2D eigenvalue weighted by Gasteiger charge is 2.10. The Bertz CT molecular complexity index is 376. The van der Waals surface area contributed by atoms with Gasteiger partial charge in [0.05, 0.1) is 12.8 Å². The van der Waals surface area contributed by atoms with E-state index in [2.05, 4.69) is 5.32 Å². The van der Waals surface area contributed by atoms with E-state index in [1.54, 1.807) is 6.92 Å². The molecule has 0 bridgehead atoms. The van der Waals surface area contributed by atoms with Gasteiger partial charge >= 0.3 is 0 Å². The molecule has 82 valence electrons. The first-order chi connectivity index (χ1) is 7.08. The zero-order valence-electron chi connectivity index (χ0n) is 8.57. The Hall–Kier alpha value is -1.91. The van der Waals surface area contributed by atoms with Crippen molar-refractivity contribution in [1.29, 1.82) is 0 Å². The molecule has 0 atom stereocenters. The van der Waals surface area contributed by atoms with Crippen LogP contribution in [0, 0.1) is 0 Å². The largest absolute Gasteiger partial charge is 0.506 e. The summed E-state index contributed by atoms with van der Waals surface area (Å²) in [5.41, 5.74) is 0.167. The van der Waals surface area contributed by atoms with Crippen LogP contribution in [0.25, 0.3) is 0 Å². The van der Waals surface area contributed by atoms with Crippen molar-refractivity contribution in [2.45, 2.75) is 13.3 Å². The normalized spacial score (nSPS) is 9.73. The quantitative estimate of drug-likeness (QED) is 0.522. The maximum Gasteiger partial charge on any atom is 0.224 e. The van der Waals surface area contributed by atoms with Crippen LogP contribution in [0.1, 0.15) is 13.3 Å². The van der Waals surface area contributed by atoms with Gasteiger partial charge in [0.2, 0.25) is 5.91 Å². The van der Waals surface area contributed by atoms with Crippen molar-refractivity contribution in [2.24, 2.45) is 0 Å². The number of phenolic OH excluding ortho intramolecular Hbond substituents is 2. The maximum absolute atomic E-state index is 11.1. The van der Waals surface area contributed by atoms with Crippen LogP contribution in [0.15, 0.2) is 12.1 Å². The lowest BCUT2D eigenvalue weighted by Gasteiger charge is -2.09. The number of nitrogens with one attached hydrogen (secondary N) is 1. The molecule has 15 heavy (non-hydrogen) atoms. The minimum Gasteiger partial charge on any atom is -0.506 e. The van der Waals surface area contributed by atoms with E-state index in [0.717, 1.165) is 0 Å². The summed E-state index contributed by atoms with van der Waals surface area (Å²) in [7, 11) is 1.37. The van der Waals surface area contributed by atoms with Crippen molar-refractivity contribution in [3.63, 3.8) is 0 Å². The summed E-state index contributed by atoms with van der Waals surface area (Å²) in [6.45, 7) is 1.69. The summed E-state index contributed by atoms with van der Waals surface area (Å²) >= 11 is 0. The number of carbonyl (C=O) groups is 1. The molecule has 0 aliphatic carbocycles. The van der Waals surface area contributed by atoms with E-state index >= 15 is 0 Å². The molecule has 1 rings (SSSR count). The summed E-state index contributed by atoms with van der Waals surface area (Å²) in [5, 5.41) is 21.3. The summed E-state index contributed by atoms with van der Waals surface area (Å²) in [6.07, 6.45) is 0.298. The predicted octanol–water partition coefficient (Wildman–Crippen LogP) is 1.45. The Morgan fingerprint density at radius 1 is 1.40 bits per heavy atom. The number of benzene rings is 1. The predicted molar refractivity (Wildman–Crippen MR) is 55.2 cm³/mol. The van der Waals surface area contributed by atoms with Gasteiger partial charge in [0.15, 0.2) is 11.5 Å². The van der Waals surface area contributed by atoms with Gasteiger partial charge in [-0.15, -0.1) is 0 Å². The lowest BCUT2D eigenvalue weighted by molar-refractivity contribution is -0.115. The number of carbonyl (C=O) groups excluding carboxylic acids is 1. The van der Waals surface area contributed by atoms with Gasteiger partial charge in [-0.1, -0.05) is 6.92 Å². The van der Waals surface area contributed by atoms with E-state index < -0.39 is 0 Å². The lowest BCUT2D eigenvalue weighted by Crippen LogP contribution is -2.09. The molecule has 5 heteroatoms. The van der Waals surface area contributed by atoms with Crippen molar-refractivity contribution in [1.82, 2.24) is 0 Å². The van der Waals surface area contributed by atoms with Crippen LogP contribution in [-0.4, -0.2) is 23.2 Å². The van der Waals surface area contributed by atoms with Crippen LogP contribution < -0.4 is 10.1 Å². The highest BCUT2D eigenvalue weighted by molar-refractivity contribution is 5.92. The molecule has 1 aromatic carbocycles. The van der Waals surface area contributed by atoms with Gasteiger partial charge in [-0.2, -0.15) is 0 Å². The van der Waals surface area contributed by atoms with Crippen molar-refractivity contribution in [2.75, 3.05) is 12.4 Å². The second-order valence-electron chi connectivity index (χ2n) is 2.94. The molecule has 0 aliphatic rings. The SMILES string of the molecule is CCC(=O)Nc1cc(O)c(OC)cc1O. The highest BCUT2D eigenvalue weighted by Crippen LogP contribution is 2.36. The summed E-state index contributed by atoms with van der Waals surface area (Å²) in [6, 6.07) is 2.47. The minimum absolute atomic E-state index is 0.137. The molecule has 0 saturated heterocycles. The van der Waals surface area contributed by atoms with Gasteiger partial charge in [0.1, 0.15) is 5.75 Å². The van der Waals surface area contributed by atoms with E-state index in [9.17, 15) is 15.0 Å². The molecule has 1 amide bonds. The third kappa shape index (κ3) is 2.52. The molecule has 0 aromatic heterocycles. The van der Waals surface area contributed by atoms with Crippen LogP contribution in [0.3, 0.4) is 0 Å². The third-order valence-corrected chi connectivity index (χ3v) is 1.89. The van der Waals surface area contributed by atoms with Gasteiger partial charge in [-0.3, -0.25) is 4.79 Å². The zero-order chi connectivity index (χ0) is 11.4. The monoisotopic (exact) mass is 211 g/mol. The Morgan fingerprint density at radius 2 is 2.07 bits per heavy atom. The number of aromatic hydroxyl groups is 2. The number of hydrogen-bond donors (Lipinski definition) is 3. The second kappa shape index (κ2) is 4.54. The Kier molecular flexibility index (Phi) is 3.38. The van der Waals surface area contributed by atoms with Crippen LogP contribution in [0.4, 0.5) is 5.69 Å². The molecule has 5 nitrogen and oxygen atoms in total. The average Bonchev–Trinajstić information content (AvgIpc) is 2.22. The molecule has 0 fully saturated rings. The summed E-state index contributed by atoms with van der Waals surface area (Å²) < 4.78 is 4.79. The number of phenols is 2. The van der Waals surface area contributed by atoms with Gasteiger partial charge < -0.3 is 20.3 Å². The Labute approximate surface area is 87.3 Å². The van der Waals surface area contributed by atoms with E-state index in [-0.39, 0.29) is 28.8 Å². The van der Waals surface area contributed by atoms with E-state index in [1.165, 1.54) is 19.2 Å². The number of amides is 1.